The van der Waals surface area contributed by atoms with Gasteiger partial charge in [0.15, 0.2) is 6.61 Å². The van der Waals surface area contributed by atoms with Crippen molar-refractivity contribution in [2.75, 3.05) is 36.2 Å². The summed E-state index contributed by atoms with van der Waals surface area (Å²) < 4.78 is 5.01. The Balaban J connectivity index is 1.34. The molecular formula is C21H17N3O6S. The predicted octanol–water partition coefficient (Wildman–Crippen LogP) is 1.53. The van der Waals surface area contributed by atoms with Crippen LogP contribution in [0.5, 0.6) is 0 Å². The first-order chi connectivity index (χ1) is 14.8. The zero-order chi connectivity index (χ0) is 22.1. The molecule has 0 saturated carbocycles. The maximum absolute atomic E-state index is 12.2. The van der Waals surface area contributed by atoms with Crippen LogP contribution in [-0.2, 0) is 19.1 Å². The zero-order valence-corrected chi connectivity index (χ0v) is 17.2. The third-order valence-electron chi connectivity index (χ3n) is 4.83. The number of carbonyl (C=O) groups excluding carboxylic acids is 5. The Morgan fingerprint density at radius 1 is 1.06 bits per heavy atom. The van der Waals surface area contributed by atoms with E-state index in [1.165, 1.54) is 41.9 Å². The van der Waals surface area contributed by atoms with Gasteiger partial charge in [0.2, 0.25) is 5.91 Å². The molecule has 10 heteroatoms. The molecule has 0 fully saturated rings. The standard InChI is InChI=1S/C21H17N3O6S/c1-23-20(28)13-7-6-12(8-14(13)21(23)29)22-17(25)10-30-19(27)9-24-15-4-2-3-5-16(15)31-11-18(24)26/h2-8H,9-11H2,1H3,(H,22,25). The van der Waals surface area contributed by atoms with Crippen LogP contribution in [0, 0.1) is 0 Å². The molecule has 0 atom stereocenters. The van der Waals surface area contributed by atoms with Crippen molar-refractivity contribution < 1.29 is 28.7 Å². The average molecular weight is 439 g/mol. The van der Waals surface area contributed by atoms with E-state index in [-0.39, 0.29) is 29.3 Å². The number of anilines is 2. The first-order valence-corrected chi connectivity index (χ1v) is 10.3. The summed E-state index contributed by atoms with van der Waals surface area (Å²) in [7, 11) is 1.38. The summed E-state index contributed by atoms with van der Waals surface area (Å²) in [5.74, 6) is -2.18. The van der Waals surface area contributed by atoms with Crippen LogP contribution in [0.25, 0.3) is 0 Å². The number of nitrogens with one attached hydrogen (secondary N) is 1. The van der Waals surface area contributed by atoms with Crippen molar-refractivity contribution in [3.05, 3.63) is 53.6 Å². The highest BCUT2D eigenvalue weighted by Crippen LogP contribution is 2.34. The summed E-state index contributed by atoms with van der Waals surface area (Å²) in [5, 5.41) is 2.52. The van der Waals surface area contributed by atoms with Crippen molar-refractivity contribution in [2.24, 2.45) is 0 Å². The molecule has 0 radical (unpaired) electrons. The molecule has 2 aliphatic heterocycles. The molecule has 9 nitrogen and oxygen atoms in total. The Labute approximate surface area is 181 Å². The number of para-hydroxylation sites is 1. The molecule has 31 heavy (non-hydrogen) atoms. The van der Waals surface area contributed by atoms with Gasteiger partial charge in [-0.05, 0) is 30.3 Å². The van der Waals surface area contributed by atoms with Crippen molar-refractivity contribution in [3.63, 3.8) is 0 Å². The molecule has 0 bridgehead atoms. The third kappa shape index (κ3) is 4.02. The average Bonchev–Trinajstić information content (AvgIpc) is 2.98. The molecule has 0 aliphatic carbocycles. The SMILES string of the molecule is CN1C(=O)c2ccc(NC(=O)COC(=O)CN3C(=O)CSc4ccccc43)cc2C1=O. The van der Waals surface area contributed by atoms with Crippen LogP contribution >= 0.6 is 11.8 Å². The Hall–Kier alpha value is -3.66. The van der Waals surface area contributed by atoms with Gasteiger partial charge in [-0.2, -0.15) is 0 Å². The Morgan fingerprint density at radius 3 is 2.61 bits per heavy atom. The molecular weight excluding hydrogens is 422 g/mol. The number of nitrogens with zero attached hydrogens (tertiary/aromatic N) is 2. The van der Waals surface area contributed by atoms with Gasteiger partial charge in [0.25, 0.3) is 17.7 Å². The number of carbonyl (C=O) groups is 5. The maximum Gasteiger partial charge on any atom is 0.326 e. The first-order valence-electron chi connectivity index (χ1n) is 9.29. The minimum atomic E-state index is -0.721. The Kier molecular flexibility index (Phi) is 5.47. The molecule has 2 aromatic rings. The highest BCUT2D eigenvalue weighted by molar-refractivity contribution is 8.00. The van der Waals surface area contributed by atoms with Crippen LogP contribution < -0.4 is 10.2 Å². The Bertz CT molecular complexity index is 1130. The van der Waals surface area contributed by atoms with Crippen molar-refractivity contribution in [1.29, 1.82) is 0 Å². The van der Waals surface area contributed by atoms with Crippen LogP contribution in [0.15, 0.2) is 47.4 Å². The Morgan fingerprint density at radius 2 is 1.81 bits per heavy atom. The lowest BCUT2D eigenvalue weighted by atomic mass is 10.1. The van der Waals surface area contributed by atoms with E-state index in [1.807, 2.05) is 12.1 Å². The fraction of sp³-hybridized carbons (Fsp3) is 0.190. The smallest absolute Gasteiger partial charge is 0.326 e. The van der Waals surface area contributed by atoms with Crippen molar-refractivity contribution in [3.8, 4) is 0 Å². The topological polar surface area (TPSA) is 113 Å². The normalized spacial score (nSPS) is 14.9. The van der Waals surface area contributed by atoms with E-state index in [0.29, 0.717) is 11.4 Å². The van der Waals surface area contributed by atoms with Gasteiger partial charge in [0, 0.05) is 17.6 Å². The van der Waals surface area contributed by atoms with E-state index in [0.717, 1.165) is 9.80 Å². The fourth-order valence-electron chi connectivity index (χ4n) is 3.28. The molecule has 0 saturated heterocycles. The van der Waals surface area contributed by atoms with Crippen LogP contribution in [0.1, 0.15) is 20.7 Å². The van der Waals surface area contributed by atoms with E-state index in [4.69, 9.17) is 4.74 Å². The van der Waals surface area contributed by atoms with Crippen LogP contribution in [0.2, 0.25) is 0 Å². The second-order valence-electron chi connectivity index (χ2n) is 6.87. The molecule has 158 valence electrons. The number of hydrogen-bond acceptors (Lipinski definition) is 7. The largest absolute Gasteiger partial charge is 0.454 e. The van der Waals surface area contributed by atoms with Gasteiger partial charge in [0.05, 0.1) is 22.6 Å². The van der Waals surface area contributed by atoms with E-state index >= 15 is 0 Å². The summed E-state index contributed by atoms with van der Waals surface area (Å²) in [4.78, 5) is 63.7. The quantitative estimate of drug-likeness (QED) is 0.555. The predicted molar refractivity (Wildman–Crippen MR) is 112 cm³/mol. The molecule has 2 heterocycles. The van der Waals surface area contributed by atoms with Gasteiger partial charge in [-0.25, -0.2) is 0 Å². The molecule has 2 aliphatic rings. The summed E-state index contributed by atoms with van der Waals surface area (Å²) in [6, 6.07) is 11.6. The van der Waals surface area contributed by atoms with Crippen LogP contribution in [-0.4, -0.2) is 60.5 Å². The lowest BCUT2D eigenvalue weighted by Crippen LogP contribution is -2.40. The summed E-state index contributed by atoms with van der Waals surface area (Å²) >= 11 is 1.40. The van der Waals surface area contributed by atoms with Gasteiger partial charge in [-0.1, -0.05) is 12.1 Å². The van der Waals surface area contributed by atoms with E-state index in [1.54, 1.807) is 12.1 Å². The molecule has 4 rings (SSSR count). The number of esters is 1. The number of imide groups is 1. The minimum Gasteiger partial charge on any atom is -0.454 e. The molecule has 0 spiro atoms. The van der Waals surface area contributed by atoms with E-state index in [9.17, 15) is 24.0 Å². The summed E-state index contributed by atoms with van der Waals surface area (Å²) in [5.41, 5.74) is 1.39. The van der Waals surface area contributed by atoms with E-state index in [2.05, 4.69) is 5.32 Å². The van der Waals surface area contributed by atoms with Crippen molar-refractivity contribution in [1.82, 2.24) is 4.90 Å². The highest BCUT2D eigenvalue weighted by Gasteiger charge is 2.33. The number of fused-ring (bicyclic) bond motifs is 2. The second kappa shape index (κ2) is 8.23. The summed E-state index contributed by atoms with van der Waals surface area (Å²) in [6.07, 6.45) is 0. The van der Waals surface area contributed by atoms with Gasteiger partial charge >= 0.3 is 5.97 Å². The first kappa shape index (κ1) is 20.6. The zero-order valence-electron chi connectivity index (χ0n) is 16.4. The van der Waals surface area contributed by atoms with Crippen molar-refractivity contribution >= 4 is 52.7 Å². The lowest BCUT2D eigenvalue weighted by molar-refractivity contribution is -0.146. The maximum atomic E-state index is 12.2. The number of ether oxygens (including phenoxy) is 1. The van der Waals surface area contributed by atoms with Crippen molar-refractivity contribution in [2.45, 2.75) is 4.90 Å². The number of thioether (sulfide) groups is 1. The summed E-state index contributed by atoms with van der Waals surface area (Å²) in [6.45, 7) is -0.855. The van der Waals surface area contributed by atoms with Gasteiger partial charge in [-0.3, -0.25) is 33.8 Å². The van der Waals surface area contributed by atoms with Gasteiger partial charge in [0.1, 0.15) is 6.54 Å². The number of benzene rings is 2. The molecule has 1 N–H and O–H groups in total. The van der Waals surface area contributed by atoms with Gasteiger partial charge in [-0.15, -0.1) is 11.8 Å². The number of hydrogen-bond donors (Lipinski definition) is 1. The molecule has 4 amide bonds. The monoisotopic (exact) mass is 439 g/mol. The lowest BCUT2D eigenvalue weighted by Gasteiger charge is -2.27. The molecule has 0 unspecified atom stereocenters. The minimum absolute atomic E-state index is 0.197. The van der Waals surface area contributed by atoms with E-state index < -0.39 is 30.3 Å². The third-order valence-corrected chi connectivity index (χ3v) is 5.88. The number of amides is 4. The van der Waals surface area contributed by atoms with Crippen LogP contribution in [0.4, 0.5) is 11.4 Å². The van der Waals surface area contributed by atoms with Crippen LogP contribution in [0.3, 0.4) is 0 Å². The highest BCUT2D eigenvalue weighted by atomic mass is 32.2. The second-order valence-corrected chi connectivity index (χ2v) is 7.89. The number of rotatable bonds is 5. The fourth-order valence-corrected chi connectivity index (χ4v) is 4.22. The molecule has 2 aromatic carbocycles. The van der Waals surface area contributed by atoms with Gasteiger partial charge < -0.3 is 10.1 Å². The molecule has 0 aromatic heterocycles.